The number of methoxy groups -OCH3 is 2. The lowest BCUT2D eigenvalue weighted by atomic mass is 10.1. The predicted octanol–water partition coefficient (Wildman–Crippen LogP) is 4.95. The molecule has 0 aliphatic rings. The van der Waals surface area contributed by atoms with Crippen LogP contribution in [0.15, 0.2) is 30.3 Å². The van der Waals surface area contributed by atoms with Gasteiger partial charge in [-0.15, -0.1) is 0 Å². The van der Waals surface area contributed by atoms with Crippen molar-refractivity contribution in [2.75, 3.05) is 20.8 Å². The maximum atomic E-state index is 11.9. The topological polar surface area (TPSA) is 54.0 Å². The van der Waals surface area contributed by atoms with Crippen LogP contribution in [0.2, 0.25) is 0 Å². The Labute approximate surface area is 142 Å². The van der Waals surface area contributed by atoms with Crippen molar-refractivity contribution in [2.45, 2.75) is 32.6 Å². The van der Waals surface area contributed by atoms with E-state index in [1.165, 1.54) is 0 Å². The van der Waals surface area contributed by atoms with Crippen LogP contribution in [0.5, 0.6) is 17.2 Å². The summed E-state index contributed by atoms with van der Waals surface area (Å²) in [5.74, 6) is 1.50. The van der Waals surface area contributed by atoms with Gasteiger partial charge in [-0.2, -0.15) is 0 Å². The summed E-state index contributed by atoms with van der Waals surface area (Å²) >= 11 is 0. The lowest BCUT2D eigenvalue weighted by Gasteiger charge is -2.14. The summed E-state index contributed by atoms with van der Waals surface area (Å²) in [6.45, 7) is 2.50. The Hall–Kier alpha value is -2.43. The van der Waals surface area contributed by atoms with Crippen LogP contribution in [0, 0.1) is 0 Å². The van der Waals surface area contributed by atoms with Gasteiger partial charge in [0.25, 0.3) is 0 Å². The van der Waals surface area contributed by atoms with E-state index < -0.39 is 6.16 Å². The molecule has 0 fully saturated rings. The van der Waals surface area contributed by atoms with Crippen molar-refractivity contribution in [3.8, 4) is 17.2 Å². The number of rotatable bonds is 8. The second-order valence-corrected chi connectivity index (χ2v) is 5.42. The smallest absolute Gasteiger partial charge is 0.493 e. The summed E-state index contributed by atoms with van der Waals surface area (Å²) in [5.41, 5.74) is 0. The van der Waals surface area contributed by atoms with Crippen LogP contribution < -0.4 is 14.2 Å². The van der Waals surface area contributed by atoms with E-state index >= 15 is 0 Å². The summed E-state index contributed by atoms with van der Waals surface area (Å²) < 4.78 is 21.3. The minimum atomic E-state index is -0.705. The fraction of sp³-hybridized carbons (Fsp3) is 0.421. The first-order valence-electron chi connectivity index (χ1n) is 8.19. The van der Waals surface area contributed by atoms with Crippen molar-refractivity contribution in [2.24, 2.45) is 0 Å². The molecule has 0 saturated carbocycles. The van der Waals surface area contributed by atoms with Crippen LogP contribution in [0.25, 0.3) is 10.8 Å². The van der Waals surface area contributed by atoms with Gasteiger partial charge < -0.3 is 18.9 Å². The Balaban J connectivity index is 2.15. The Morgan fingerprint density at radius 2 is 1.71 bits per heavy atom. The van der Waals surface area contributed by atoms with E-state index in [0.29, 0.717) is 23.9 Å². The van der Waals surface area contributed by atoms with Gasteiger partial charge in [-0.1, -0.05) is 50.5 Å². The molecule has 0 atom stereocenters. The molecule has 0 radical (unpaired) electrons. The third-order valence-electron chi connectivity index (χ3n) is 3.76. The van der Waals surface area contributed by atoms with Gasteiger partial charge in [0, 0.05) is 16.8 Å². The van der Waals surface area contributed by atoms with Gasteiger partial charge in [0.1, 0.15) is 5.75 Å². The molecule has 0 saturated heterocycles. The molecule has 5 heteroatoms. The fourth-order valence-corrected chi connectivity index (χ4v) is 2.54. The zero-order chi connectivity index (χ0) is 17.4. The molecular formula is C19H24O5. The third-order valence-corrected chi connectivity index (χ3v) is 3.76. The number of hydrogen-bond donors (Lipinski definition) is 0. The molecule has 2 aromatic carbocycles. The van der Waals surface area contributed by atoms with E-state index in [9.17, 15) is 4.79 Å². The molecule has 0 spiro atoms. The first-order valence-corrected chi connectivity index (χ1v) is 8.19. The maximum Gasteiger partial charge on any atom is 0.513 e. The van der Waals surface area contributed by atoms with E-state index in [1.807, 2.05) is 24.3 Å². The average molecular weight is 332 g/mol. The molecule has 0 aromatic heterocycles. The highest BCUT2D eigenvalue weighted by atomic mass is 16.7. The third kappa shape index (κ3) is 4.31. The number of carbonyl (C=O) groups excluding carboxylic acids is 1. The lowest BCUT2D eigenvalue weighted by Crippen LogP contribution is -2.12. The van der Waals surface area contributed by atoms with Gasteiger partial charge in [0.05, 0.1) is 20.8 Å². The average Bonchev–Trinajstić information content (AvgIpc) is 2.61. The van der Waals surface area contributed by atoms with Crippen molar-refractivity contribution in [1.82, 2.24) is 0 Å². The molecule has 2 aromatic rings. The molecule has 0 amide bonds. The minimum Gasteiger partial charge on any atom is -0.493 e. The van der Waals surface area contributed by atoms with Gasteiger partial charge >= 0.3 is 6.16 Å². The van der Waals surface area contributed by atoms with Crippen molar-refractivity contribution < 1.29 is 23.7 Å². The zero-order valence-corrected chi connectivity index (χ0v) is 14.5. The molecule has 0 N–H and O–H groups in total. The van der Waals surface area contributed by atoms with Crippen LogP contribution in [-0.4, -0.2) is 27.0 Å². The summed E-state index contributed by atoms with van der Waals surface area (Å²) in [7, 11) is 3.12. The van der Waals surface area contributed by atoms with Gasteiger partial charge in [0.15, 0.2) is 11.5 Å². The van der Waals surface area contributed by atoms with Crippen LogP contribution in [0.1, 0.15) is 32.6 Å². The molecule has 24 heavy (non-hydrogen) atoms. The first-order chi connectivity index (χ1) is 11.7. The number of benzene rings is 2. The van der Waals surface area contributed by atoms with E-state index in [-0.39, 0.29) is 0 Å². The number of fused-ring (bicyclic) bond motifs is 1. The van der Waals surface area contributed by atoms with E-state index in [2.05, 4.69) is 6.92 Å². The Kier molecular flexibility index (Phi) is 6.73. The molecule has 0 heterocycles. The normalized spacial score (nSPS) is 10.5. The summed E-state index contributed by atoms with van der Waals surface area (Å²) in [6.07, 6.45) is 3.46. The summed E-state index contributed by atoms with van der Waals surface area (Å²) in [4.78, 5) is 11.9. The van der Waals surface area contributed by atoms with E-state index in [4.69, 9.17) is 18.9 Å². The standard InChI is InChI=1S/C19H24O5/c1-4-5-6-9-12-23-19(20)24-16-13-17(21-2)18(22-3)15-11-8-7-10-14(15)16/h7-8,10-11,13H,4-6,9,12H2,1-3H3. The molecule has 0 bridgehead atoms. The highest BCUT2D eigenvalue weighted by Gasteiger charge is 2.16. The van der Waals surface area contributed by atoms with Crippen LogP contribution >= 0.6 is 0 Å². The van der Waals surface area contributed by atoms with Crippen LogP contribution in [0.3, 0.4) is 0 Å². The minimum absolute atomic E-state index is 0.365. The highest BCUT2D eigenvalue weighted by molar-refractivity contribution is 5.96. The van der Waals surface area contributed by atoms with Gasteiger partial charge in [0.2, 0.25) is 0 Å². The Morgan fingerprint density at radius 1 is 0.958 bits per heavy atom. The Morgan fingerprint density at radius 3 is 2.38 bits per heavy atom. The zero-order valence-electron chi connectivity index (χ0n) is 14.5. The maximum absolute atomic E-state index is 11.9. The van der Waals surface area contributed by atoms with Gasteiger partial charge in [-0.25, -0.2) is 4.79 Å². The largest absolute Gasteiger partial charge is 0.513 e. The van der Waals surface area contributed by atoms with Crippen molar-refractivity contribution in [3.05, 3.63) is 30.3 Å². The SMILES string of the molecule is CCCCCCOC(=O)Oc1cc(OC)c(OC)c2ccccc12. The summed E-state index contributed by atoms with van der Waals surface area (Å²) in [5, 5.41) is 1.57. The molecular weight excluding hydrogens is 308 g/mol. The van der Waals surface area contributed by atoms with Crippen LogP contribution in [0.4, 0.5) is 4.79 Å². The predicted molar refractivity (Wildman–Crippen MR) is 93.2 cm³/mol. The number of unbranched alkanes of at least 4 members (excludes halogenated alkanes) is 3. The quantitative estimate of drug-likeness (QED) is 0.389. The fourth-order valence-electron chi connectivity index (χ4n) is 2.54. The molecule has 0 aliphatic heterocycles. The lowest BCUT2D eigenvalue weighted by molar-refractivity contribution is 0.0977. The summed E-state index contributed by atoms with van der Waals surface area (Å²) in [6, 6.07) is 9.15. The molecule has 2 rings (SSSR count). The van der Waals surface area contributed by atoms with Gasteiger partial charge in [-0.3, -0.25) is 0 Å². The molecule has 0 unspecified atom stereocenters. The van der Waals surface area contributed by atoms with Crippen molar-refractivity contribution in [1.29, 1.82) is 0 Å². The van der Waals surface area contributed by atoms with E-state index in [1.54, 1.807) is 20.3 Å². The number of carbonyl (C=O) groups is 1. The highest BCUT2D eigenvalue weighted by Crippen LogP contribution is 2.41. The van der Waals surface area contributed by atoms with Crippen molar-refractivity contribution in [3.63, 3.8) is 0 Å². The number of hydrogen-bond acceptors (Lipinski definition) is 5. The molecule has 0 aliphatic carbocycles. The Bertz CT molecular complexity index is 681. The van der Waals surface area contributed by atoms with E-state index in [0.717, 1.165) is 36.5 Å². The molecule has 130 valence electrons. The first kappa shape index (κ1) is 17.9. The molecule has 5 nitrogen and oxygen atoms in total. The van der Waals surface area contributed by atoms with Gasteiger partial charge in [-0.05, 0) is 6.42 Å². The number of ether oxygens (including phenoxy) is 4. The van der Waals surface area contributed by atoms with Crippen molar-refractivity contribution >= 4 is 16.9 Å². The van der Waals surface area contributed by atoms with Crippen LogP contribution in [-0.2, 0) is 4.74 Å². The monoisotopic (exact) mass is 332 g/mol. The second kappa shape index (κ2) is 9.01. The second-order valence-electron chi connectivity index (χ2n) is 5.42.